The fraction of sp³-hybridized carbons (Fsp3) is 0.471. The Morgan fingerprint density at radius 1 is 1.26 bits per heavy atom. The summed E-state index contributed by atoms with van der Waals surface area (Å²) in [5.74, 6) is 1.53. The molecule has 120 valence electrons. The van der Waals surface area contributed by atoms with Gasteiger partial charge in [-0.3, -0.25) is 14.7 Å². The van der Waals surface area contributed by atoms with Gasteiger partial charge in [-0.15, -0.1) is 0 Å². The predicted molar refractivity (Wildman–Crippen MR) is 85.1 cm³/mol. The second-order valence-electron chi connectivity index (χ2n) is 6.38. The molecule has 0 bridgehead atoms. The minimum absolute atomic E-state index is 0.190. The van der Waals surface area contributed by atoms with Gasteiger partial charge < -0.3 is 9.88 Å². The first kappa shape index (κ1) is 14.4. The Kier molecular flexibility index (Phi) is 3.83. The van der Waals surface area contributed by atoms with E-state index in [0.717, 1.165) is 50.5 Å². The van der Waals surface area contributed by atoms with Gasteiger partial charge in [0.15, 0.2) is 0 Å². The highest BCUT2D eigenvalue weighted by atomic mass is 16.2. The smallest absolute Gasteiger partial charge is 0.223 e. The van der Waals surface area contributed by atoms with E-state index in [1.165, 1.54) is 5.56 Å². The van der Waals surface area contributed by atoms with Crippen molar-refractivity contribution >= 4 is 5.91 Å². The zero-order valence-electron chi connectivity index (χ0n) is 13.1. The third-order valence-corrected chi connectivity index (χ3v) is 4.57. The maximum Gasteiger partial charge on any atom is 0.223 e. The molecule has 2 aliphatic rings. The lowest BCUT2D eigenvalue weighted by atomic mass is 10.2. The van der Waals surface area contributed by atoms with Gasteiger partial charge in [0.05, 0.1) is 25.0 Å². The lowest BCUT2D eigenvalue weighted by molar-refractivity contribution is -0.122. The Labute approximate surface area is 135 Å². The standard InChI is InChI=1S/C17H21N5O/c23-17(14-1-2-14)20-10-15-9-19-16-12-21(7-8-22(15)16)11-13-3-5-18-6-4-13/h3-6,9,14H,1-2,7-8,10-12H2,(H,20,23). The zero-order valence-corrected chi connectivity index (χ0v) is 13.1. The van der Waals surface area contributed by atoms with Gasteiger partial charge in [0, 0.05) is 37.9 Å². The van der Waals surface area contributed by atoms with Gasteiger partial charge in [0.2, 0.25) is 5.91 Å². The Morgan fingerprint density at radius 2 is 2.09 bits per heavy atom. The number of rotatable bonds is 5. The van der Waals surface area contributed by atoms with Gasteiger partial charge in [-0.1, -0.05) is 0 Å². The van der Waals surface area contributed by atoms with Crippen LogP contribution in [0.25, 0.3) is 0 Å². The summed E-state index contributed by atoms with van der Waals surface area (Å²) in [5.41, 5.74) is 2.38. The Bertz CT molecular complexity index is 692. The van der Waals surface area contributed by atoms with E-state index >= 15 is 0 Å². The summed E-state index contributed by atoms with van der Waals surface area (Å²) >= 11 is 0. The molecular weight excluding hydrogens is 290 g/mol. The Hall–Kier alpha value is -2.21. The highest BCUT2D eigenvalue weighted by Crippen LogP contribution is 2.28. The molecule has 23 heavy (non-hydrogen) atoms. The molecule has 0 saturated heterocycles. The molecule has 2 aromatic rings. The molecule has 4 rings (SSSR count). The number of aromatic nitrogens is 3. The fourth-order valence-electron chi connectivity index (χ4n) is 3.06. The number of nitrogens with one attached hydrogen (secondary N) is 1. The number of pyridine rings is 1. The summed E-state index contributed by atoms with van der Waals surface area (Å²) in [5, 5.41) is 3.03. The van der Waals surface area contributed by atoms with Gasteiger partial charge in [0.25, 0.3) is 0 Å². The second kappa shape index (κ2) is 6.12. The number of hydrogen-bond acceptors (Lipinski definition) is 4. The first-order valence-electron chi connectivity index (χ1n) is 8.22. The molecule has 0 spiro atoms. The van der Waals surface area contributed by atoms with Gasteiger partial charge in [-0.2, -0.15) is 0 Å². The van der Waals surface area contributed by atoms with Crippen LogP contribution in [0.1, 0.15) is 29.9 Å². The van der Waals surface area contributed by atoms with Crippen LogP contribution < -0.4 is 5.32 Å². The van der Waals surface area contributed by atoms with Crippen LogP contribution in [-0.2, 0) is 31.0 Å². The van der Waals surface area contributed by atoms with Crippen molar-refractivity contribution < 1.29 is 4.79 Å². The molecule has 6 nitrogen and oxygen atoms in total. The maximum atomic E-state index is 11.8. The van der Waals surface area contributed by atoms with Gasteiger partial charge in [0.1, 0.15) is 5.82 Å². The van der Waals surface area contributed by atoms with Crippen molar-refractivity contribution in [1.29, 1.82) is 0 Å². The van der Waals surface area contributed by atoms with Crippen molar-refractivity contribution in [2.24, 2.45) is 5.92 Å². The first-order chi connectivity index (χ1) is 11.3. The third kappa shape index (κ3) is 3.27. The van der Waals surface area contributed by atoms with Crippen LogP contribution in [0.3, 0.4) is 0 Å². The normalized spacial score (nSPS) is 17.7. The second-order valence-corrected chi connectivity index (χ2v) is 6.38. The zero-order chi connectivity index (χ0) is 15.6. The quantitative estimate of drug-likeness (QED) is 0.904. The minimum Gasteiger partial charge on any atom is -0.350 e. The molecule has 1 N–H and O–H groups in total. The van der Waals surface area contributed by atoms with E-state index in [9.17, 15) is 4.79 Å². The number of carbonyl (C=O) groups excluding carboxylic acids is 1. The number of nitrogens with zero attached hydrogens (tertiary/aromatic N) is 4. The largest absolute Gasteiger partial charge is 0.350 e. The molecule has 1 fully saturated rings. The summed E-state index contributed by atoms with van der Waals surface area (Å²) in [7, 11) is 0. The van der Waals surface area contributed by atoms with Crippen molar-refractivity contribution in [3.05, 3.63) is 47.8 Å². The molecular formula is C17H21N5O. The Morgan fingerprint density at radius 3 is 2.87 bits per heavy atom. The first-order valence-corrected chi connectivity index (χ1v) is 8.22. The van der Waals surface area contributed by atoms with Crippen molar-refractivity contribution in [2.45, 2.75) is 39.0 Å². The lowest BCUT2D eigenvalue weighted by Crippen LogP contribution is -2.35. The number of fused-ring (bicyclic) bond motifs is 1. The fourth-order valence-corrected chi connectivity index (χ4v) is 3.06. The van der Waals surface area contributed by atoms with Crippen LogP contribution in [0.5, 0.6) is 0 Å². The van der Waals surface area contributed by atoms with Crippen LogP contribution in [0.2, 0.25) is 0 Å². The molecule has 1 saturated carbocycles. The average Bonchev–Trinajstić information content (AvgIpc) is 3.35. The number of imidazole rings is 1. The van der Waals surface area contributed by atoms with Crippen molar-refractivity contribution in [1.82, 2.24) is 24.8 Å². The van der Waals surface area contributed by atoms with Crippen molar-refractivity contribution in [2.75, 3.05) is 6.54 Å². The summed E-state index contributed by atoms with van der Waals surface area (Å²) in [6, 6.07) is 4.11. The summed E-state index contributed by atoms with van der Waals surface area (Å²) in [4.78, 5) is 22.8. The van der Waals surface area contributed by atoms with Gasteiger partial charge >= 0.3 is 0 Å². The molecule has 0 radical (unpaired) electrons. The molecule has 1 aliphatic carbocycles. The topological polar surface area (TPSA) is 63.1 Å². The molecule has 0 unspecified atom stereocenters. The summed E-state index contributed by atoms with van der Waals surface area (Å²) < 4.78 is 2.25. The molecule has 3 heterocycles. The summed E-state index contributed by atoms with van der Waals surface area (Å²) in [6.45, 7) is 4.28. The van der Waals surface area contributed by atoms with Crippen LogP contribution in [0.4, 0.5) is 0 Å². The Balaban J connectivity index is 1.37. The minimum atomic E-state index is 0.190. The van der Waals surface area contributed by atoms with Crippen LogP contribution in [-0.4, -0.2) is 31.9 Å². The van der Waals surface area contributed by atoms with E-state index in [0.29, 0.717) is 6.54 Å². The average molecular weight is 311 g/mol. The van der Waals surface area contributed by atoms with E-state index < -0.39 is 0 Å². The molecule has 2 aromatic heterocycles. The van der Waals surface area contributed by atoms with Crippen LogP contribution in [0, 0.1) is 5.92 Å². The number of carbonyl (C=O) groups is 1. The van der Waals surface area contributed by atoms with E-state index in [-0.39, 0.29) is 11.8 Å². The van der Waals surface area contributed by atoms with E-state index in [2.05, 4.69) is 36.9 Å². The molecule has 1 amide bonds. The van der Waals surface area contributed by atoms with Gasteiger partial charge in [-0.25, -0.2) is 4.98 Å². The van der Waals surface area contributed by atoms with E-state index in [1.54, 1.807) is 0 Å². The molecule has 1 aliphatic heterocycles. The highest BCUT2D eigenvalue weighted by molar-refractivity contribution is 5.80. The summed E-state index contributed by atoms with van der Waals surface area (Å²) in [6.07, 6.45) is 7.65. The van der Waals surface area contributed by atoms with E-state index in [4.69, 9.17) is 0 Å². The molecule has 0 atom stereocenters. The van der Waals surface area contributed by atoms with Crippen molar-refractivity contribution in [3.8, 4) is 0 Å². The maximum absolute atomic E-state index is 11.8. The van der Waals surface area contributed by atoms with Gasteiger partial charge in [-0.05, 0) is 30.5 Å². The van der Waals surface area contributed by atoms with Crippen molar-refractivity contribution in [3.63, 3.8) is 0 Å². The molecule has 6 heteroatoms. The van der Waals surface area contributed by atoms with Crippen LogP contribution in [0.15, 0.2) is 30.7 Å². The molecule has 0 aromatic carbocycles. The third-order valence-electron chi connectivity index (χ3n) is 4.57. The SMILES string of the molecule is O=C(NCc1cnc2n1CCN(Cc1ccncc1)C2)C1CC1. The van der Waals surface area contributed by atoms with Crippen LogP contribution >= 0.6 is 0 Å². The predicted octanol–water partition coefficient (Wildman–Crippen LogP) is 1.32. The highest BCUT2D eigenvalue weighted by Gasteiger charge is 2.29. The number of amides is 1. The lowest BCUT2D eigenvalue weighted by Gasteiger charge is -2.28. The monoisotopic (exact) mass is 311 g/mol. The number of hydrogen-bond donors (Lipinski definition) is 1. The van der Waals surface area contributed by atoms with E-state index in [1.807, 2.05) is 18.6 Å².